The van der Waals surface area contributed by atoms with Gasteiger partial charge in [0.15, 0.2) is 17.2 Å². The Labute approximate surface area is 216 Å². The summed E-state index contributed by atoms with van der Waals surface area (Å²) in [6.07, 6.45) is 4.93. The second-order valence-electron chi connectivity index (χ2n) is 9.51. The summed E-state index contributed by atoms with van der Waals surface area (Å²) < 4.78 is 63.7. The first-order chi connectivity index (χ1) is 18.2. The van der Waals surface area contributed by atoms with Crippen LogP contribution in [0.25, 0.3) is 5.65 Å². The van der Waals surface area contributed by atoms with E-state index in [2.05, 4.69) is 10.1 Å². The van der Waals surface area contributed by atoms with Crippen LogP contribution in [0.5, 0.6) is 5.75 Å². The van der Waals surface area contributed by atoms with E-state index in [0.717, 1.165) is 17.7 Å². The maximum Gasteiger partial charge on any atom is 0.250 e. The van der Waals surface area contributed by atoms with Gasteiger partial charge in [0.1, 0.15) is 23.9 Å². The SMILES string of the molecule is Cc1nc2c(OCc3c(F)cccc3F)cccn2c1C(=O)Cc1cnn(CCN2CCC(F)(F)CC2)c1. The van der Waals surface area contributed by atoms with Gasteiger partial charge in [-0.25, -0.2) is 22.5 Å². The first kappa shape index (κ1) is 25.9. The minimum atomic E-state index is -2.57. The highest BCUT2D eigenvalue weighted by atomic mass is 19.3. The number of fused-ring (bicyclic) bond motifs is 1. The maximum atomic E-state index is 14.0. The summed E-state index contributed by atoms with van der Waals surface area (Å²) in [7, 11) is 0. The molecule has 0 amide bonds. The molecule has 200 valence electrons. The summed E-state index contributed by atoms with van der Waals surface area (Å²) in [5, 5.41) is 4.32. The van der Waals surface area contributed by atoms with E-state index in [1.54, 1.807) is 46.7 Å². The average molecular weight is 530 g/mol. The molecular formula is C27H27F4N5O2. The lowest BCUT2D eigenvalue weighted by Gasteiger charge is -2.31. The monoisotopic (exact) mass is 529 g/mol. The fourth-order valence-electron chi connectivity index (χ4n) is 4.66. The van der Waals surface area contributed by atoms with E-state index in [1.165, 1.54) is 6.07 Å². The number of likely N-dealkylation sites (tertiary alicyclic amines) is 1. The number of pyridine rings is 1. The number of aryl methyl sites for hydroxylation is 1. The average Bonchev–Trinajstić information content (AvgIpc) is 3.46. The molecule has 0 radical (unpaired) electrons. The highest BCUT2D eigenvalue weighted by Gasteiger charge is 2.33. The van der Waals surface area contributed by atoms with Gasteiger partial charge in [-0.15, -0.1) is 0 Å². The van der Waals surface area contributed by atoms with Gasteiger partial charge in [0.25, 0.3) is 5.92 Å². The van der Waals surface area contributed by atoms with Crippen molar-refractivity contribution in [3.63, 3.8) is 0 Å². The van der Waals surface area contributed by atoms with Crippen molar-refractivity contribution in [1.82, 2.24) is 24.1 Å². The molecule has 7 nitrogen and oxygen atoms in total. The molecule has 0 bridgehead atoms. The van der Waals surface area contributed by atoms with E-state index < -0.39 is 17.6 Å². The van der Waals surface area contributed by atoms with Gasteiger partial charge in [0, 0.05) is 51.3 Å². The predicted octanol–water partition coefficient (Wildman–Crippen LogP) is 4.85. The van der Waals surface area contributed by atoms with Crippen molar-refractivity contribution in [3.05, 3.63) is 83.1 Å². The topological polar surface area (TPSA) is 64.7 Å². The lowest BCUT2D eigenvalue weighted by Crippen LogP contribution is -2.40. The molecule has 11 heteroatoms. The van der Waals surface area contributed by atoms with Crippen molar-refractivity contribution in [2.45, 2.75) is 45.3 Å². The quantitative estimate of drug-likeness (QED) is 0.229. The number of halogens is 4. The zero-order chi connectivity index (χ0) is 26.9. The summed E-state index contributed by atoms with van der Waals surface area (Å²) in [4.78, 5) is 19.7. The number of ether oxygens (including phenoxy) is 1. The second-order valence-corrected chi connectivity index (χ2v) is 9.51. The summed E-state index contributed by atoms with van der Waals surface area (Å²) in [6, 6.07) is 6.91. The van der Waals surface area contributed by atoms with Crippen molar-refractivity contribution in [1.29, 1.82) is 0 Å². The molecule has 0 spiro atoms. The van der Waals surface area contributed by atoms with Gasteiger partial charge in [-0.2, -0.15) is 5.10 Å². The Balaban J connectivity index is 1.25. The van der Waals surface area contributed by atoms with Gasteiger partial charge in [-0.3, -0.25) is 13.9 Å². The third-order valence-corrected chi connectivity index (χ3v) is 6.77. The number of Topliss-reactive ketones (excluding diaryl/α,β-unsaturated/α-hetero) is 1. The molecule has 0 saturated carbocycles. The number of hydrogen-bond donors (Lipinski definition) is 0. The Morgan fingerprint density at radius 1 is 1.08 bits per heavy atom. The van der Waals surface area contributed by atoms with Crippen molar-refractivity contribution in [3.8, 4) is 5.75 Å². The molecule has 1 fully saturated rings. The molecule has 1 aliphatic rings. The number of imidazole rings is 1. The number of hydrogen-bond acceptors (Lipinski definition) is 5. The highest BCUT2D eigenvalue weighted by Crippen LogP contribution is 2.28. The van der Waals surface area contributed by atoms with Crippen molar-refractivity contribution < 1.29 is 27.1 Å². The van der Waals surface area contributed by atoms with Crippen LogP contribution in [0.3, 0.4) is 0 Å². The van der Waals surface area contributed by atoms with Crippen LogP contribution in [0.4, 0.5) is 17.6 Å². The fraction of sp³-hybridized carbons (Fsp3) is 0.370. The van der Waals surface area contributed by atoms with Gasteiger partial charge in [-0.1, -0.05) is 6.07 Å². The molecule has 0 atom stereocenters. The van der Waals surface area contributed by atoms with Crippen LogP contribution in [0, 0.1) is 18.6 Å². The lowest BCUT2D eigenvalue weighted by atomic mass is 10.1. The smallest absolute Gasteiger partial charge is 0.250 e. The van der Waals surface area contributed by atoms with E-state index in [1.807, 2.05) is 4.90 Å². The van der Waals surface area contributed by atoms with Gasteiger partial charge >= 0.3 is 0 Å². The zero-order valence-corrected chi connectivity index (χ0v) is 20.8. The molecule has 5 rings (SSSR count). The predicted molar refractivity (Wildman–Crippen MR) is 132 cm³/mol. The number of rotatable bonds is 9. The van der Waals surface area contributed by atoms with E-state index in [-0.39, 0.29) is 37.2 Å². The molecule has 4 aromatic rings. The molecule has 1 aliphatic heterocycles. The number of carbonyl (C=O) groups excluding carboxylic acids is 1. The number of alkyl halides is 2. The minimum absolute atomic E-state index is 0.0933. The molecule has 4 heterocycles. The second kappa shape index (κ2) is 10.6. The Kier molecular flexibility index (Phi) is 7.20. The molecule has 3 aromatic heterocycles. The number of ketones is 1. The largest absolute Gasteiger partial charge is 0.485 e. The van der Waals surface area contributed by atoms with Gasteiger partial charge < -0.3 is 9.64 Å². The van der Waals surface area contributed by atoms with Crippen molar-refractivity contribution in [2.24, 2.45) is 0 Å². The summed E-state index contributed by atoms with van der Waals surface area (Å²) in [5.74, 6) is -3.86. The fourth-order valence-corrected chi connectivity index (χ4v) is 4.66. The van der Waals surface area contributed by atoms with Crippen LogP contribution in [0.1, 0.15) is 40.2 Å². The number of nitrogens with zero attached hydrogens (tertiary/aromatic N) is 5. The number of aromatic nitrogens is 4. The van der Waals surface area contributed by atoms with Crippen LogP contribution < -0.4 is 4.74 Å². The van der Waals surface area contributed by atoms with Crippen molar-refractivity contribution in [2.75, 3.05) is 19.6 Å². The van der Waals surface area contributed by atoms with E-state index in [0.29, 0.717) is 49.0 Å². The summed E-state index contributed by atoms with van der Waals surface area (Å²) in [5.41, 5.74) is 1.77. The number of benzene rings is 1. The van der Waals surface area contributed by atoms with E-state index >= 15 is 0 Å². The third-order valence-electron chi connectivity index (χ3n) is 6.77. The standard InChI is InChI=1S/C27H27F4N5O2/c1-18-25(23(37)14-19-15-32-35(16-19)13-12-34-10-7-27(30,31)8-11-34)36-9-3-6-24(26(36)33-18)38-17-20-21(28)4-2-5-22(20)29/h2-6,9,15-16H,7-8,10-14,17H2,1H3. The Hall–Kier alpha value is -3.73. The molecular weight excluding hydrogens is 502 g/mol. The van der Waals surface area contributed by atoms with Gasteiger partial charge in [0.05, 0.1) is 24.0 Å². The van der Waals surface area contributed by atoms with E-state index in [4.69, 9.17) is 4.74 Å². The van der Waals surface area contributed by atoms with Crippen LogP contribution in [-0.4, -0.2) is 55.4 Å². The molecule has 0 N–H and O–H groups in total. The Morgan fingerprint density at radius 2 is 1.82 bits per heavy atom. The van der Waals surface area contributed by atoms with Crippen LogP contribution in [0.2, 0.25) is 0 Å². The summed E-state index contributed by atoms with van der Waals surface area (Å²) in [6.45, 7) is 3.25. The molecule has 0 unspecified atom stereocenters. The van der Waals surface area contributed by atoms with Crippen LogP contribution >= 0.6 is 0 Å². The first-order valence-corrected chi connectivity index (χ1v) is 12.4. The first-order valence-electron chi connectivity index (χ1n) is 12.4. The highest BCUT2D eigenvalue weighted by molar-refractivity contribution is 5.98. The third kappa shape index (κ3) is 5.57. The summed E-state index contributed by atoms with van der Waals surface area (Å²) >= 11 is 0. The maximum absolute atomic E-state index is 14.0. The normalized spacial score (nSPS) is 15.7. The molecule has 38 heavy (non-hydrogen) atoms. The number of carbonyl (C=O) groups is 1. The molecule has 0 aliphatic carbocycles. The van der Waals surface area contributed by atoms with Gasteiger partial charge in [0.2, 0.25) is 0 Å². The van der Waals surface area contributed by atoms with Gasteiger partial charge in [-0.05, 0) is 36.8 Å². The number of piperidine rings is 1. The van der Waals surface area contributed by atoms with Crippen molar-refractivity contribution >= 4 is 11.4 Å². The van der Waals surface area contributed by atoms with E-state index in [9.17, 15) is 22.4 Å². The molecule has 1 saturated heterocycles. The Morgan fingerprint density at radius 3 is 2.55 bits per heavy atom. The zero-order valence-electron chi connectivity index (χ0n) is 20.8. The lowest BCUT2D eigenvalue weighted by molar-refractivity contribution is -0.0555. The molecule has 1 aromatic carbocycles. The van der Waals surface area contributed by atoms with Crippen LogP contribution in [-0.2, 0) is 19.6 Å². The van der Waals surface area contributed by atoms with Crippen LogP contribution in [0.15, 0.2) is 48.9 Å². The Bertz CT molecular complexity index is 1430. The minimum Gasteiger partial charge on any atom is -0.485 e.